The van der Waals surface area contributed by atoms with Crippen LogP contribution in [0, 0.1) is 0 Å². The van der Waals surface area contributed by atoms with E-state index in [0.717, 1.165) is 55.5 Å². The van der Waals surface area contributed by atoms with Crippen molar-refractivity contribution in [1.29, 1.82) is 0 Å². The molecule has 0 amide bonds. The maximum absolute atomic E-state index is 6.95. The number of anilines is 3. The number of nitrogens with zero attached hydrogens (tertiary/aromatic N) is 1. The van der Waals surface area contributed by atoms with Crippen LogP contribution in [-0.2, 0) is 0 Å². The van der Waals surface area contributed by atoms with Crippen molar-refractivity contribution in [3.63, 3.8) is 0 Å². The third kappa shape index (κ3) is 6.01. The SMILES string of the molecule is c1ccc(-c2ccc(-c3cc4c5cccc(-c6ccc(N(c7ccc(-c8ccccc8)cc7)c7cccc8sc9ccccc9c78)cc6)c5oc4c4ccccc34)cc2)cc1. The Hall–Kier alpha value is -7.72. The van der Waals surface area contributed by atoms with Gasteiger partial charge < -0.3 is 9.32 Å². The first-order valence-corrected chi connectivity index (χ1v) is 21.6. The summed E-state index contributed by atoms with van der Waals surface area (Å²) in [4.78, 5) is 2.40. The van der Waals surface area contributed by atoms with Crippen LogP contribution in [-0.4, -0.2) is 0 Å². The van der Waals surface area contributed by atoms with Gasteiger partial charge in [-0.3, -0.25) is 0 Å². The lowest BCUT2D eigenvalue weighted by atomic mass is 9.93. The fourth-order valence-corrected chi connectivity index (χ4v) is 10.3. The number of hydrogen-bond acceptors (Lipinski definition) is 3. The van der Waals surface area contributed by atoms with E-state index in [1.807, 2.05) is 11.3 Å². The molecule has 0 aliphatic heterocycles. The van der Waals surface area contributed by atoms with Crippen LogP contribution in [0.3, 0.4) is 0 Å². The molecule has 2 heterocycles. The Morgan fingerprint density at radius 2 is 0.787 bits per heavy atom. The van der Waals surface area contributed by atoms with E-state index in [4.69, 9.17) is 4.42 Å². The van der Waals surface area contributed by atoms with Crippen LogP contribution in [0.15, 0.2) is 229 Å². The summed E-state index contributed by atoms with van der Waals surface area (Å²) in [6, 6.07) is 80.9. The van der Waals surface area contributed by atoms with Crippen molar-refractivity contribution in [1.82, 2.24) is 0 Å². The highest BCUT2D eigenvalue weighted by atomic mass is 32.1. The quantitative estimate of drug-likeness (QED) is 0.160. The monoisotopic (exact) mass is 795 g/mol. The topological polar surface area (TPSA) is 16.4 Å². The van der Waals surface area contributed by atoms with Crippen molar-refractivity contribution < 1.29 is 4.42 Å². The van der Waals surface area contributed by atoms with Crippen LogP contribution in [0.25, 0.3) is 97.4 Å². The number of para-hydroxylation sites is 1. The summed E-state index contributed by atoms with van der Waals surface area (Å²) in [6.07, 6.45) is 0. The van der Waals surface area contributed by atoms with Crippen LogP contribution in [0.1, 0.15) is 0 Å². The van der Waals surface area contributed by atoms with Crippen LogP contribution < -0.4 is 4.90 Å². The largest absolute Gasteiger partial charge is 0.455 e. The van der Waals surface area contributed by atoms with Gasteiger partial charge in [0.1, 0.15) is 11.2 Å². The highest BCUT2D eigenvalue weighted by molar-refractivity contribution is 7.26. The molecule has 12 aromatic rings. The fourth-order valence-electron chi connectivity index (χ4n) is 9.15. The van der Waals surface area contributed by atoms with Crippen molar-refractivity contribution in [3.8, 4) is 44.5 Å². The summed E-state index contributed by atoms with van der Waals surface area (Å²) in [5, 5.41) is 7.07. The minimum absolute atomic E-state index is 0.898. The summed E-state index contributed by atoms with van der Waals surface area (Å²) >= 11 is 1.85. The minimum atomic E-state index is 0.898. The van der Waals surface area contributed by atoms with Gasteiger partial charge in [-0.05, 0) is 92.9 Å². The molecule has 12 rings (SSSR count). The van der Waals surface area contributed by atoms with Gasteiger partial charge in [0.25, 0.3) is 0 Å². The summed E-state index contributed by atoms with van der Waals surface area (Å²) < 4.78 is 9.52. The Bertz CT molecular complexity index is 3550. The zero-order valence-electron chi connectivity index (χ0n) is 33.1. The van der Waals surface area contributed by atoms with Crippen molar-refractivity contribution >= 4 is 81.3 Å². The number of benzene rings is 10. The normalized spacial score (nSPS) is 11.6. The van der Waals surface area contributed by atoms with E-state index < -0.39 is 0 Å². The standard InChI is InChI=1S/C58H37NOS/c1-3-13-38(14-4-1)40-25-27-43(28-26-40)51-37-52-49-21-11-20-46(57(49)60-58(52)48-18-8-7-17-47(48)51)42-31-35-45(36-32-42)59(44-33-29-41(30-34-44)39-15-5-2-6-16-39)53-22-12-24-55-56(53)50-19-9-10-23-54(50)61-55/h1-37H. The molecule has 0 aliphatic rings. The summed E-state index contributed by atoms with van der Waals surface area (Å²) in [6.45, 7) is 0. The molecular formula is C58H37NOS. The number of fused-ring (bicyclic) bond motifs is 8. The van der Waals surface area contributed by atoms with Crippen LogP contribution in [0.2, 0.25) is 0 Å². The number of hydrogen-bond donors (Lipinski definition) is 0. The second kappa shape index (κ2) is 14.5. The maximum atomic E-state index is 6.95. The Kier molecular flexibility index (Phi) is 8.39. The van der Waals surface area contributed by atoms with Crippen molar-refractivity contribution in [3.05, 3.63) is 224 Å². The average molecular weight is 796 g/mol. The molecule has 0 spiro atoms. The number of rotatable bonds is 7. The number of thiophene rings is 1. The van der Waals surface area contributed by atoms with Crippen LogP contribution >= 0.6 is 11.3 Å². The smallest absolute Gasteiger partial charge is 0.143 e. The molecule has 286 valence electrons. The van der Waals surface area contributed by atoms with Gasteiger partial charge in [0.2, 0.25) is 0 Å². The molecule has 0 aliphatic carbocycles. The van der Waals surface area contributed by atoms with E-state index >= 15 is 0 Å². The van der Waals surface area contributed by atoms with Crippen LogP contribution in [0.5, 0.6) is 0 Å². The molecular weight excluding hydrogens is 759 g/mol. The first-order chi connectivity index (χ1) is 30.2. The lowest BCUT2D eigenvalue weighted by Crippen LogP contribution is -2.10. The Morgan fingerprint density at radius 1 is 0.311 bits per heavy atom. The van der Waals surface area contributed by atoms with E-state index in [9.17, 15) is 0 Å². The third-order valence-electron chi connectivity index (χ3n) is 12.1. The first-order valence-electron chi connectivity index (χ1n) is 20.7. The van der Waals surface area contributed by atoms with Gasteiger partial charge in [0.15, 0.2) is 0 Å². The zero-order chi connectivity index (χ0) is 40.3. The molecule has 0 N–H and O–H groups in total. The Morgan fingerprint density at radius 3 is 1.48 bits per heavy atom. The molecule has 2 nitrogen and oxygen atoms in total. The molecule has 0 fully saturated rings. The molecule has 0 radical (unpaired) electrons. The van der Waals surface area contributed by atoms with E-state index in [1.165, 1.54) is 58.9 Å². The maximum Gasteiger partial charge on any atom is 0.143 e. The predicted molar refractivity (Wildman–Crippen MR) is 261 cm³/mol. The molecule has 61 heavy (non-hydrogen) atoms. The molecule has 2 aromatic heterocycles. The molecule has 0 atom stereocenters. The Balaban J connectivity index is 0.975. The van der Waals surface area contributed by atoms with Gasteiger partial charge in [-0.1, -0.05) is 176 Å². The zero-order valence-corrected chi connectivity index (χ0v) is 33.9. The second-order valence-corrected chi connectivity index (χ2v) is 16.7. The highest BCUT2D eigenvalue weighted by Crippen LogP contribution is 2.47. The van der Waals surface area contributed by atoms with Crippen molar-refractivity contribution in [2.45, 2.75) is 0 Å². The van der Waals surface area contributed by atoms with E-state index in [0.29, 0.717) is 0 Å². The number of furan rings is 1. The van der Waals surface area contributed by atoms with Gasteiger partial charge in [-0.25, -0.2) is 0 Å². The summed E-state index contributed by atoms with van der Waals surface area (Å²) in [5.74, 6) is 0. The van der Waals surface area contributed by atoms with E-state index in [2.05, 4.69) is 229 Å². The lowest BCUT2D eigenvalue weighted by Gasteiger charge is -2.27. The van der Waals surface area contributed by atoms with Gasteiger partial charge in [-0.15, -0.1) is 11.3 Å². The van der Waals surface area contributed by atoms with Crippen molar-refractivity contribution in [2.75, 3.05) is 4.90 Å². The van der Waals surface area contributed by atoms with E-state index in [-0.39, 0.29) is 0 Å². The summed E-state index contributed by atoms with van der Waals surface area (Å²) in [7, 11) is 0. The highest BCUT2D eigenvalue weighted by Gasteiger charge is 2.21. The van der Waals surface area contributed by atoms with Gasteiger partial charge in [0.05, 0.1) is 5.69 Å². The third-order valence-corrected chi connectivity index (χ3v) is 13.2. The first kappa shape index (κ1) is 35.2. The van der Waals surface area contributed by atoms with Gasteiger partial charge in [-0.2, -0.15) is 0 Å². The molecule has 0 bridgehead atoms. The molecule has 0 saturated heterocycles. The van der Waals surface area contributed by atoms with Gasteiger partial charge >= 0.3 is 0 Å². The van der Waals surface area contributed by atoms with Gasteiger partial charge in [0, 0.05) is 53.3 Å². The van der Waals surface area contributed by atoms with E-state index in [1.54, 1.807) is 0 Å². The lowest BCUT2D eigenvalue weighted by molar-refractivity contribution is 0.674. The van der Waals surface area contributed by atoms with Crippen molar-refractivity contribution in [2.24, 2.45) is 0 Å². The molecule has 3 heteroatoms. The second-order valence-electron chi connectivity index (χ2n) is 15.6. The van der Waals surface area contributed by atoms with Crippen LogP contribution in [0.4, 0.5) is 17.1 Å². The predicted octanol–water partition coefficient (Wildman–Crippen LogP) is 17.2. The minimum Gasteiger partial charge on any atom is -0.455 e. The Labute approximate surface area is 357 Å². The molecule has 10 aromatic carbocycles. The molecule has 0 unspecified atom stereocenters. The molecule has 0 saturated carbocycles. The summed E-state index contributed by atoms with van der Waals surface area (Å²) in [5.41, 5.74) is 14.6. The average Bonchev–Trinajstić information content (AvgIpc) is 3.92. The fraction of sp³-hybridized carbons (Fsp3) is 0.